The van der Waals surface area contributed by atoms with Gasteiger partial charge >= 0.3 is 0 Å². The zero-order chi connectivity index (χ0) is 12.0. The lowest BCUT2D eigenvalue weighted by Gasteiger charge is -2.09. The van der Waals surface area contributed by atoms with Gasteiger partial charge in [-0.2, -0.15) is 0 Å². The summed E-state index contributed by atoms with van der Waals surface area (Å²) < 4.78 is 5.45. The number of rotatable bonds is 5. The molecule has 5 heteroatoms. The minimum Gasteiger partial charge on any atom is -0.492 e. The second-order valence-electron chi connectivity index (χ2n) is 3.38. The van der Waals surface area contributed by atoms with Crippen LogP contribution in [-0.4, -0.2) is 12.6 Å². The number of guanidine groups is 1. The van der Waals surface area contributed by atoms with Crippen molar-refractivity contribution in [3.05, 3.63) is 28.8 Å². The van der Waals surface area contributed by atoms with E-state index in [1.54, 1.807) is 0 Å². The fourth-order valence-electron chi connectivity index (χ4n) is 1.18. The average Bonchev–Trinajstić information content (AvgIpc) is 2.25. The monoisotopic (exact) mass is 241 g/mol. The van der Waals surface area contributed by atoms with Crippen LogP contribution in [0.25, 0.3) is 0 Å². The Morgan fingerprint density at radius 3 is 2.88 bits per heavy atom. The third-order valence-electron chi connectivity index (χ3n) is 1.94. The Morgan fingerprint density at radius 2 is 2.31 bits per heavy atom. The summed E-state index contributed by atoms with van der Waals surface area (Å²) in [6.45, 7) is 3.19. The number of hydrogen-bond acceptors (Lipinski definition) is 2. The summed E-state index contributed by atoms with van der Waals surface area (Å²) in [6, 6.07) is 5.53. The summed E-state index contributed by atoms with van der Waals surface area (Å²) in [5.41, 5.74) is 6.15. The zero-order valence-corrected chi connectivity index (χ0v) is 9.97. The lowest BCUT2D eigenvalue weighted by atomic mass is 10.2. The van der Waals surface area contributed by atoms with Gasteiger partial charge < -0.3 is 15.8 Å². The molecule has 0 heterocycles. The third-order valence-corrected chi connectivity index (χ3v) is 2.24. The van der Waals surface area contributed by atoms with Crippen LogP contribution in [0.3, 0.4) is 0 Å². The lowest BCUT2D eigenvalue weighted by Crippen LogP contribution is -2.29. The molecular formula is C11H16ClN3O. The Labute approximate surface area is 100 Å². The Balaban J connectivity index is 2.63. The second-order valence-corrected chi connectivity index (χ2v) is 3.79. The number of nitrogens with one attached hydrogen (secondary N) is 2. The average molecular weight is 242 g/mol. The van der Waals surface area contributed by atoms with E-state index in [4.69, 9.17) is 27.5 Å². The van der Waals surface area contributed by atoms with Crippen molar-refractivity contribution in [2.45, 2.75) is 19.9 Å². The van der Waals surface area contributed by atoms with Gasteiger partial charge in [-0.3, -0.25) is 5.41 Å². The highest BCUT2D eigenvalue weighted by Gasteiger charge is 2.02. The minimum absolute atomic E-state index is 0.0533. The number of nitrogens with two attached hydrogens (primary N) is 1. The first-order valence-electron chi connectivity index (χ1n) is 5.12. The third kappa shape index (κ3) is 3.98. The molecule has 1 aromatic carbocycles. The molecule has 4 nitrogen and oxygen atoms in total. The van der Waals surface area contributed by atoms with E-state index < -0.39 is 0 Å². The highest BCUT2D eigenvalue weighted by molar-refractivity contribution is 6.32. The first-order chi connectivity index (χ1) is 7.63. The molecule has 0 amide bonds. The molecule has 0 aliphatic carbocycles. The van der Waals surface area contributed by atoms with E-state index >= 15 is 0 Å². The van der Waals surface area contributed by atoms with E-state index in [1.807, 2.05) is 25.1 Å². The minimum atomic E-state index is -0.0533. The van der Waals surface area contributed by atoms with Gasteiger partial charge in [0.15, 0.2) is 5.96 Å². The van der Waals surface area contributed by atoms with E-state index in [9.17, 15) is 0 Å². The molecule has 0 unspecified atom stereocenters. The van der Waals surface area contributed by atoms with Gasteiger partial charge in [-0.1, -0.05) is 24.6 Å². The molecule has 0 aliphatic heterocycles. The second kappa shape index (κ2) is 6.23. The Morgan fingerprint density at radius 1 is 1.56 bits per heavy atom. The topological polar surface area (TPSA) is 71.1 Å². The Hall–Kier alpha value is -1.42. The number of benzene rings is 1. The molecular weight excluding hydrogens is 226 g/mol. The molecule has 0 spiro atoms. The summed E-state index contributed by atoms with van der Waals surface area (Å²) in [6.07, 6.45) is 0.948. The maximum atomic E-state index is 7.04. The van der Waals surface area contributed by atoms with Crippen LogP contribution in [0.1, 0.15) is 18.9 Å². The summed E-state index contributed by atoms with van der Waals surface area (Å²) in [5, 5.41) is 10.3. The van der Waals surface area contributed by atoms with Crippen LogP contribution in [0.15, 0.2) is 18.2 Å². The van der Waals surface area contributed by atoms with Crippen LogP contribution in [0.5, 0.6) is 5.75 Å². The summed E-state index contributed by atoms with van der Waals surface area (Å²) >= 11 is 6.04. The predicted molar refractivity (Wildman–Crippen MR) is 66.0 cm³/mol. The summed E-state index contributed by atoms with van der Waals surface area (Å²) in [4.78, 5) is 0. The summed E-state index contributed by atoms with van der Waals surface area (Å²) in [5.74, 6) is 0.637. The van der Waals surface area contributed by atoms with Gasteiger partial charge in [-0.05, 0) is 24.1 Å². The fourth-order valence-corrected chi connectivity index (χ4v) is 1.44. The Bertz CT molecular complexity index is 368. The first-order valence-corrected chi connectivity index (χ1v) is 5.50. The van der Waals surface area contributed by atoms with Crippen molar-refractivity contribution >= 4 is 17.6 Å². The van der Waals surface area contributed by atoms with E-state index in [2.05, 4.69) is 5.32 Å². The van der Waals surface area contributed by atoms with E-state index in [0.717, 1.165) is 12.0 Å². The largest absolute Gasteiger partial charge is 0.492 e. The van der Waals surface area contributed by atoms with Crippen LogP contribution in [0.4, 0.5) is 0 Å². The van der Waals surface area contributed by atoms with Crippen LogP contribution in [0, 0.1) is 5.41 Å². The predicted octanol–water partition coefficient (Wildman–Crippen LogP) is 2.11. The molecule has 16 heavy (non-hydrogen) atoms. The maximum absolute atomic E-state index is 7.04. The number of hydrogen-bond donors (Lipinski definition) is 3. The van der Waals surface area contributed by atoms with Gasteiger partial charge in [-0.15, -0.1) is 0 Å². The van der Waals surface area contributed by atoms with Gasteiger partial charge in [-0.25, -0.2) is 0 Å². The highest BCUT2D eigenvalue weighted by Crippen LogP contribution is 2.25. The van der Waals surface area contributed by atoms with E-state index in [0.29, 0.717) is 23.9 Å². The molecule has 0 aliphatic rings. The van der Waals surface area contributed by atoms with Crippen molar-refractivity contribution < 1.29 is 4.74 Å². The molecule has 4 N–H and O–H groups in total. The molecule has 0 radical (unpaired) electrons. The smallest absolute Gasteiger partial charge is 0.185 e. The highest BCUT2D eigenvalue weighted by atomic mass is 35.5. The quantitative estimate of drug-likeness (QED) is 0.546. The molecule has 1 aromatic rings. The van der Waals surface area contributed by atoms with Crippen molar-refractivity contribution in [1.82, 2.24) is 5.32 Å². The fraction of sp³-hybridized carbons (Fsp3) is 0.364. The van der Waals surface area contributed by atoms with Crippen LogP contribution < -0.4 is 15.8 Å². The van der Waals surface area contributed by atoms with Crippen LogP contribution >= 0.6 is 11.6 Å². The molecule has 0 atom stereocenters. The lowest BCUT2D eigenvalue weighted by molar-refractivity contribution is 0.317. The van der Waals surface area contributed by atoms with Gasteiger partial charge in [0.25, 0.3) is 0 Å². The summed E-state index contributed by atoms with van der Waals surface area (Å²) in [7, 11) is 0. The van der Waals surface area contributed by atoms with E-state index in [-0.39, 0.29) is 5.96 Å². The zero-order valence-electron chi connectivity index (χ0n) is 9.22. The standard InChI is InChI=1S/C11H16ClN3O/c1-2-5-16-10-4-3-8(6-9(10)12)7-15-11(13)14/h3-4,6H,2,5,7H2,1H3,(H4,13,14,15). The van der Waals surface area contributed by atoms with Crippen LogP contribution in [-0.2, 0) is 6.54 Å². The van der Waals surface area contributed by atoms with Crippen molar-refractivity contribution in [2.24, 2.45) is 5.73 Å². The molecule has 0 fully saturated rings. The van der Waals surface area contributed by atoms with Crippen molar-refractivity contribution in [3.63, 3.8) is 0 Å². The Kier molecular flexibility index (Phi) is 4.92. The van der Waals surface area contributed by atoms with Gasteiger partial charge in [0.05, 0.1) is 11.6 Å². The molecule has 0 saturated heterocycles. The van der Waals surface area contributed by atoms with Gasteiger partial charge in [0.2, 0.25) is 0 Å². The van der Waals surface area contributed by atoms with Crippen LogP contribution in [0.2, 0.25) is 5.02 Å². The maximum Gasteiger partial charge on any atom is 0.185 e. The molecule has 0 bridgehead atoms. The van der Waals surface area contributed by atoms with Gasteiger partial charge in [0, 0.05) is 6.54 Å². The SMILES string of the molecule is CCCOc1ccc(CNC(=N)N)cc1Cl. The number of ether oxygens (including phenoxy) is 1. The first kappa shape index (κ1) is 12.6. The van der Waals surface area contributed by atoms with Gasteiger partial charge in [0.1, 0.15) is 5.75 Å². The number of halogens is 1. The molecule has 88 valence electrons. The normalized spacial score (nSPS) is 9.88. The molecule has 0 saturated carbocycles. The van der Waals surface area contributed by atoms with Crippen molar-refractivity contribution in [1.29, 1.82) is 5.41 Å². The molecule has 0 aromatic heterocycles. The van der Waals surface area contributed by atoms with Crippen molar-refractivity contribution in [2.75, 3.05) is 6.61 Å². The molecule has 1 rings (SSSR count). The van der Waals surface area contributed by atoms with Crippen molar-refractivity contribution in [3.8, 4) is 5.75 Å². The van der Waals surface area contributed by atoms with E-state index in [1.165, 1.54) is 0 Å².